The number of carbonyl (C=O) groups is 2. The van der Waals surface area contributed by atoms with Crippen molar-refractivity contribution < 1.29 is 41.1 Å². The number of halogens is 6. The molecule has 4 aromatic heterocycles. The maximum Gasteiger partial charge on any atom is 0.416 e. The van der Waals surface area contributed by atoms with E-state index in [0.717, 1.165) is 16.6 Å². The molecule has 0 saturated carbocycles. The summed E-state index contributed by atoms with van der Waals surface area (Å²) < 4.78 is 73.4. The monoisotopic (exact) mass is 815 g/mol. The molecule has 1 aliphatic heterocycles. The molecule has 0 aliphatic carbocycles. The average molecular weight is 816 g/mol. The first kappa shape index (κ1) is 38.9. The van der Waals surface area contributed by atoms with Crippen molar-refractivity contribution in [3.05, 3.63) is 80.7 Å². The summed E-state index contributed by atoms with van der Waals surface area (Å²) in [4.78, 5) is 61.1. The van der Waals surface area contributed by atoms with Gasteiger partial charge in [0.25, 0.3) is 23.9 Å². The van der Waals surface area contributed by atoms with Gasteiger partial charge in [-0.15, -0.1) is 5.10 Å². The molecule has 2 aromatic carbocycles. The molecule has 0 radical (unpaired) electrons. The molecule has 16 nitrogen and oxygen atoms in total. The largest absolute Gasteiger partial charge is 0.504 e. The quantitative estimate of drug-likeness (QED) is 0.157. The van der Waals surface area contributed by atoms with Gasteiger partial charge in [-0.25, -0.2) is 18.7 Å². The summed E-state index contributed by atoms with van der Waals surface area (Å²) in [6, 6.07) is 7.01. The van der Waals surface area contributed by atoms with Crippen LogP contribution in [0.2, 0.25) is 5.02 Å². The molecule has 0 atom stereocenters. The van der Waals surface area contributed by atoms with Gasteiger partial charge in [-0.1, -0.05) is 18.5 Å². The number of aromatic hydroxyl groups is 1. The van der Waals surface area contributed by atoms with Gasteiger partial charge in [0.2, 0.25) is 11.7 Å². The van der Waals surface area contributed by atoms with E-state index in [0.29, 0.717) is 22.8 Å². The third-order valence-electron chi connectivity index (χ3n) is 9.18. The van der Waals surface area contributed by atoms with Crippen molar-refractivity contribution >= 4 is 57.7 Å². The second-order valence-corrected chi connectivity index (χ2v) is 13.2. The minimum absolute atomic E-state index is 0.0296. The van der Waals surface area contributed by atoms with E-state index < -0.39 is 48.6 Å². The number of benzene rings is 2. The Morgan fingerprint density at radius 3 is 2.49 bits per heavy atom. The Balaban J connectivity index is 1.26. The van der Waals surface area contributed by atoms with E-state index in [1.165, 1.54) is 28.8 Å². The van der Waals surface area contributed by atoms with E-state index in [2.05, 4.69) is 35.7 Å². The molecule has 2 amide bonds. The van der Waals surface area contributed by atoms with E-state index in [1.807, 2.05) is 0 Å². The van der Waals surface area contributed by atoms with Gasteiger partial charge in [-0.3, -0.25) is 14.4 Å². The van der Waals surface area contributed by atoms with Crippen molar-refractivity contribution in [1.82, 2.24) is 39.0 Å². The first-order chi connectivity index (χ1) is 27.1. The lowest BCUT2D eigenvalue weighted by Crippen LogP contribution is -2.51. The topological polar surface area (TPSA) is 189 Å². The number of hydrogen-bond donors (Lipinski definition) is 3. The lowest BCUT2D eigenvalue weighted by Gasteiger charge is -2.36. The molecule has 1 fully saturated rings. The molecular weight excluding hydrogens is 785 g/mol. The molecule has 6 aromatic rings. The highest BCUT2D eigenvalue weighted by molar-refractivity contribution is 6.33. The first-order valence-electron chi connectivity index (χ1n) is 17.3. The number of fused-ring (bicyclic) bond motifs is 2. The van der Waals surface area contributed by atoms with Crippen LogP contribution in [-0.4, -0.2) is 95.1 Å². The molecule has 1 saturated heterocycles. The normalized spacial score (nSPS) is 13.6. The highest BCUT2D eigenvalue weighted by atomic mass is 35.5. The second-order valence-electron chi connectivity index (χ2n) is 12.8. The Labute approximate surface area is 322 Å². The van der Waals surface area contributed by atoms with Crippen LogP contribution < -0.4 is 21.1 Å². The van der Waals surface area contributed by atoms with E-state index in [4.69, 9.17) is 16.0 Å². The van der Waals surface area contributed by atoms with Crippen LogP contribution in [0.15, 0.2) is 51.9 Å². The summed E-state index contributed by atoms with van der Waals surface area (Å²) >= 11 is 6.12. The number of rotatable bonds is 10. The maximum absolute atomic E-state index is 14.4. The summed E-state index contributed by atoms with van der Waals surface area (Å²) in [5.74, 6) is -1.60. The van der Waals surface area contributed by atoms with Crippen molar-refractivity contribution in [3.8, 4) is 17.1 Å². The molecule has 0 unspecified atom stereocenters. The van der Waals surface area contributed by atoms with Gasteiger partial charge in [0.1, 0.15) is 24.1 Å². The number of alkyl halides is 5. The SMILES string of the molecule is CCc1c(N2CCN(C(=O)c3ncnc(C)c3O)CC2)c(=O)n2nc(-c3ccc4nc(NCC(F)F)oc4c3)nc2n1CC(=O)Nc1ccc(C(F)(F)F)cc1Cl. The molecule has 298 valence electrons. The number of oxazole rings is 1. The van der Waals surface area contributed by atoms with Gasteiger partial charge in [0, 0.05) is 31.7 Å². The maximum atomic E-state index is 14.4. The number of nitrogens with one attached hydrogen (secondary N) is 2. The van der Waals surface area contributed by atoms with Crippen LogP contribution in [0.5, 0.6) is 5.75 Å². The number of piperazine rings is 1. The van der Waals surface area contributed by atoms with E-state index in [1.54, 1.807) is 24.0 Å². The summed E-state index contributed by atoms with van der Waals surface area (Å²) in [5.41, 5.74) is -0.174. The number of carbonyl (C=O) groups excluding carboxylic acids is 2. The Kier molecular flexibility index (Phi) is 10.4. The smallest absolute Gasteiger partial charge is 0.416 e. The van der Waals surface area contributed by atoms with Crippen LogP contribution in [0.4, 0.5) is 39.3 Å². The fraction of sp³-hybridized carbons (Fsp3) is 0.314. The zero-order valence-corrected chi connectivity index (χ0v) is 30.7. The van der Waals surface area contributed by atoms with Gasteiger partial charge >= 0.3 is 6.18 Å². The predicted molar refractivity (Wildman–Crippen MR) is 196 cm³/mol. The second kappa shape index (κ2) is 15.3. The number of anilines is 3. The van der Waals surface area contributed by atoms with E-state index in [9.17, 15) is 41.4 Å². The van der Waals surface area contributed by atoms with Crippen LogP contribution in [0.3, 0.4) is 0 Å². The minimum atomic E-state index is -4.66. The van der Waals surface area contributed by atoms with Crippen molar-refractivity contribution in [1.29, 1.82) is 0 Å². The number of nitrogens with zero attached hydrogens (tertiary/aromatic N) is 9. The summed E-state index contributed by atoms with van der Waals surface area (Å²) in [7, 11) is 0. The highest BCUT2D eigenvalue weighted by Crippen LogP contribution is 2.34. The third kappa shape index (κ3) is 7.73. The lowest BCUT2D eigenvalue weighted by atomic mass is 10.2. The minimum Gasteiger partial charge on any atom is -0.504 e. The average Bonchev–Trinajstić information content (AvgIpc) is 3.81. The Bertz CT molecular complexity index is 2590. The van der Waals surface area contributed by atoms with Crippen LogP contribution >= 0.6 is 11.6 Å². The molecule has 22 heteroatoms. The molecule has 57 heavy (non-hydrogen) atoms. The van der Waals surface area contributed by atoms with Crippen LogP contribution in [0.25, 0.3) is 28.3 Å². The van der Waals surface area contributed by atoms with Gasteiger partial charge in [-0.2, -0.15) is 27.7 Å². The number of aromatic nitrogens is 7. The van der Waals surface area contributed by atoms with Crippen molar-refractivity contribution in [3.63, 3.8) is 0 Å². The Hall–Kier alpha value is -6.38. The van der Waals surface area contributed by atoms with Crippen molar-refractivity contribution in [2.45, 2.75) is 39.4 Å². The van der Waals surface area contributed by atoms with Crippen LogP contribution in [0.1, 0.15) is 34.4 Å². The molecule has 3 N–H and O–H groups in total. The zero-order valence-electron chi connectivity index (χ0n) is 29.9. The third-order valence-corrected chi connectivity index (χ3v) is 9.49. The molecule has 1 aliphatic rings. The molecule has 0 bridgehead atoms. The van der Waals surface area contributed by atoms with Crippen molar-refractivity contribution in [2.24, 2.45) is 0 Å². The molecule has 5 heterocycles. The summed E-state index contributed by atoms with van der Waals surface area (Å²) in [5, 5.41) is 19.5. The van der Waals surface area contributed by atoms with Gasteiger partial charge < -0.3 is 34.5 Å². The number of hydrogen-bond acceptors (Lipinski definition) is 12. The van der Waals surface area contributed by atoms with Crippen LogP contribution in [-0.2, 0) is 23.9 Å². The Morgan fingerprint density at radius 2 is 1.81 bits per heavy atom. The standard InChI is InChI=1S/C35H31ClF5N11O5/c1-3-23-28(49-8-10-50(11-9-49)31(55)27-29(54)17(2)43-16-44-27)32(56)52-34(51(23)15-26(53)45-21-7-5-19(13-20(21)36)35(39,40)41)47-30(48-52)18-4-6-22-24(12-18)57-33(46-22)42-14-25(37)38/h4-7,12-13,16,25,54H,3,8-11,14-15H2,1-2H3,(H,42,46)(H,45,53). The fourth-order valence-electron chi connectivity index (χ4n) is 6.39. The molecule has 0 spiro atoms. The highest BCUT2D eigenvalue weighted by Gasteiger charge is 2.32. The van der Waals surface area contributed by atoms with Gasteiger partial charge in [0.15, 0.2) is 22.9 Å². The van der Waals surface area contributed by atoms with E-state index in [-0.39, 0.29) is 89.3 Å². The summed E-state index contributed by atoms with van der Waals surface area (Å²) in [6.07, 6.45) is -5.94. The zero-order chi connectivity index (χ0) is 40.8. The van der Waals surface area contributed by atoms with E-state index >= 15 is 0 Å². The molecular formula is C35H31ClF5N11O5. The van der Waals surface area contributed by atoms with Crippen LogP contribution in [0, 0.1) is 6.92 Å². The van der Waals surface area contributed by atoms with Gasteiger partial charge in [-0.05, 0) is 49.7 Å². The van der Waals surface area contributed by atoms with Crippen molar-refractivity contribution in [2.75, 3.05) is 48.3 Å². The predicted octanol–water partition coefficient (Wildman–Crippen LogP) is 5.02. The van der Waals surface area contributed by atoms with Gasteiger partial charge in [0.05, 0.1) is 34.2 Å². The number of amides is 2. The molecule has 7 rings (SSSR count). The fourth-order valence-corrected chi connectivity index (χ4v) is 6.62. The lowest BCUT2D eigenvalue weighted by molar-refractivity contribution is -0.137. The Morgan fingerprint density at radius 1 is 1.05 bits per heavy atom. The number of aryl methyl sites for hydroxylation is 1. The first-order valence-corrected chi connectivity index (χ1v) is 17.7. The summed E-state index contributed by atoms with van der Waals surface area (Å²) in [6.45, 7) is 2.69.